The van der Waals surface area contributed by atoms with Gasteiger partial charge in [0.05, 0.1) is 18.8 Å². The van der Waals surface area contributed by atoms with Gasteiger partial charge in [-0.1, -0.05) is 0 Å². The summed E-state index contributed by atoms with van der Waals surface area (Å²) >= 11 is 0. The number of rotatable bonds is 6. The molecule has 0 amide bonds. The van der Waals surface area contributed by atoms with Crippen molar-refractivity contribution >= 4 is 0 Å². The van der Waals surface area contributed by atoms with Gasteiger partial charge in [0.25, 0.3) is 0 Å². The molecule has 1 atom stereocenters. The molecule has 4 heterocycles. The molecule has 7 heteroatoms. The van der Waals surface area contributed by atoms with Crippen molar-refractivity contribution in [2.75, 3.05) is 13.2 Å². The minimum atomic E-state index is 0.290. The molecule has 3 aromatic rings. The van der Waals surface area contributed by atoms with Crippen LogP contribution >= 0.6 is 0 Å². The van der Waals surface area contributed by atoms with Crippen LogP contribution in [0.2, 0.25) is 0 Å². The van der Waals surface area contributed by atoms with Crippen molar-refractivity contribution in [3.8, 4) is 5.75 Å². The Labute approximate surface area is 146 Å². The summed E-state index contributed by atoms with van der Waals surface area (Å²) in [5.74, 6) is 1.99. The summed E-state index contributed by atoms with van der Waals surface area (Å²) in [7, 11) is 0. The average molecular weight is 338 g/mol. The van der Waals surface area contributed by atoms with E-state index in [1.165, 1.54) is 11.3 Å². The largest absolute Gasteiger partial charge is 0.493 e. The molecule has 4 rings (SSSR count). The van der Waals surface area contributed by atoms with Gasteiger partial charge in [-0.3, -0.25) is 15.0 Å². The van der Waals surface area contributed by atoms with Crippen LogP contribution in [0, 0.1) is 0 Å². The Morgan fingerprint density at radius 3 is 2.92 bits per heavy atom. The zero-order valence-corrected chi connectivity index (χ0v) is 14.3. The van der Waals surface area contributed by atoms with Gasteiger partial charge in [0.15, 0.2) is 0 Å². The number of hydrogen-bond donors (Lipinski definition) is 1. The Morgan fingerprint density at radius 2 is 2.12 bits per heavy atom. The maximum atomic E-state index is 5.79. The molecule has 0 aliphatic carbocycles. The van der Waals surface area contributed by atoms with Gasteiger partial charge in [-0.25, -0.2) is 4.98 Å². The molecule has 0 bridgehead atoms. The summed E-state index contributed by atoms with van der Waals surface area (Å²) in [6, 6.07) is 4.04. The lowest BCUT2D eigenvalue weighted by Crippen LogP contribution is -2.37. The first-order chi connectivity index (χ1) is 12.3. The minimum absolute atomic E-state index is 0.290. The number of fused-ring (bicyclic) bond motifs is 1. The van der Waals surface area contributed by atoms with Crippen LogP contribution < -0.4 is 4.74 Å². The Morgan fingerprint density at radius 1 is 1.24 bits per heavy atom. The summed E-state index contributed by atoms with van der Waals surface area (Å²) in [6.45, 7) is 5.72. The fraction of sp³-hybridized carbons (Fsp3) is 0.389. The molecule has 7 nitrogen and oxygen atoms in total. The molecular formula is C18H22N6O. The molecule has 0 aromatic carbocycles. The van der Waals surface area contributed by atoms with Crippen LogP contribution in [-0.4, -0.2) is 42.8 Å². The van der Waals surface area contributed by atoms with Gasteiger partial charge in [0.2, 0.25) is 0 Å². The number of aromatic amines is 1. The predicted molar refractivity (Wildman–Crippen MR) is 93.1 cm³/mol. The Bertz CT molecular complexity index is 798. The number of H-pyrrole nitrogens is 1. The highest BCUT2D eigenvalue weighted by Gasteiger charge is 2.27. The van der Waals surface area contributed by atoms with E-state index >= 15 is 0 Å². The van der Waals surface area contributed by atoms with Crippen LogP contribution in [-0.2, 0) is 19.5 Å². The van der Waals surface area contributed by atoms with Crippen LogP contribution in [0.4, 0.5) is 0 Å². The number of hydrogen-bond acceptors (Lipinski definition) is 5. The van der Waals surface area contributed by atoms with E-state index in [0.29, 0.717) is 12.6 Å². The lowest BCUT2D eigenvalue weighted by Gasteiger charge is -2.34. The highest BCUT2D eigenvalue weighted by Crippen LogP contribution is 2.26. The Kier molecular flexibility index (Phi) is 4.47. The summed E-state index contributed by atoms with van der Waals surface area (Å²) in [4.78, 5) is 11.1. The number of nitrogens with one attached hydrogen (secondary N) is 1. The number of imidazole rings is 1. The second kappa shape index (κ2) is 7.06. The molecule has 0 unspecified atom stereocenters. The van der Waals surface area contributed by atoms with Gasteiger partial charge in [-0.05, 0) is 19.1 Å². The van der Waals surface area contributed by atoms with E-state index in [2.05, 4.69) is 36.6 Å². The van der Waals surface area contributed by atoms with Crippen LogP contribution in [0.25, 0.3) is 0 Å². The van der Waals surface area contributed by atoms with E-state index in [1.807, 2.05) is 30.7 Å². The molecule has 0 spiro atoms. The first-order valence-electron chi connectivity index (χ1n) is 8.60. The predicted octanol–water partition coefficient (Wildman–Crippen LogP) is 2.20. The van der Waals surface area contributed by atoms with E-state index < -0.39 is 0 Å². The molecule has 0 radical (unpaired) electrons. The van der Waals surface area contributed by atoms with Crippen molar-refractivity contribution in [3.63, 3.8) is 0 Å². The highest BCUT2D eigenvalue weighted by molar-refractivity contribution is 5.17. The molecule has 25 heavy (non-hydrogen) atoms. The quantitative estimate of drug-likeness (QED) is 0.746. The molecule has 0 fully saturated rings. The Hall–Kier alpha value is -2.67. The zero-order chi connectivity index (χ0) is 17.1. The number of nitrogens with zero attached hydrogens (tertiary/aromatic N) is 5. The second-order valence-electron chi connectivity index (χ2n) is 6.29. The van der Waals surface area contributed by atoms with Crippen molar-refractivity contribution in [1.29, 1.82) is 0 Å². The van der Waals surface area contributed by atoms with Crippen LogP contribution in [0.5, 0.6) is 5.75 Å². The van der Waals surface area contributed by atoms with Crippen LogP contribution in [0.15, 0.2) is 43.1 Å². The minimum Gasteiger partial charge on any atom is -0.493 e. The molecule has 130 valence electrons. The van der Waals surface area contributed by atoms with E-state index in [-0.39, 0.29) is 0 Å². The summed E-state index contributed by atoms with van der Waals surface area (Å²) in [6.07, 6.45) is 10.2. The van der Waals surface area contributed by atoms with E-state index in [1.54, 1.807) is 12.4 Å². The van der Waals surface area contributed by atoms with E-state index in [4.69, 9.17) is 4.74 Å². The molecule has 0 saturated carbocycles. The number of ether oxygens (including phenoxy) is 1. The first-order valence-corrected chi connectivity index (χ1v) is 8.60. The normalized spacial score (nSPS) is 17.4. The topological polar surface area (TPSA) is 71.9 Å². The Balaban J connectivity index is 1.39. The van der Waals surface area contributed by atoms with Crippen molar-refractivity contribution in [2.45, 2.75) is 32.5 Å². The first kappa shape index (κ1) is 15.8. The number of aromatic nitrogens is 5. The molecule has 1 aliphatic rings. The summed E-state index contributed by atoms with van der Waals surface area (Å²) < 4.78 is 8.13. The molecule has 1 aliphatic heterocycles. The monoisotopic (exact) mass is 338 g/mol. The average Bonchev–Trinajstić information content (AvgIpc) is 3.29. The molecule has 3 aromatic heterocycles. The summed E-state index contributed by atoms with van der Waals surface area (Å²) in [5.41, 5.74) is 2.44. The van der Waals surface area contributed by atoms with Crippen LogP contribution in [0.3, 0.4) is 0 Å². The maximum Gasteiger partial charge on any atom is 0.126 e. The smallest absolute Gasteiger partial charge is 0.126 e. The summed E-state index contributed by atoms with van der Waals surface area (Å²) in [5, 5.41) is 6.91. The van der Waals surface area contributed by atoms with Gasteiger partial charge in [-0.15, -0.1) is 0 Å². The van der Waals surface area contributed by atoms with Gasteiger partial charge >= 0.3 is 0 Å². The lowest BCUT2D eigenvalue weighted by atomic mass is 10.2. The van der Waals surface area contributed by atoms with E-state index in [0.717, 1.165) is 37.6 Å². The third-order valence-corrected chi connectivity index (χ3v) is 4.72. The van der Waals surface area contributed by atoms with Gasteiger partial charge in [0.1, 0.15) is 11.6 Å². The third-order valence-electron chi connectivity index (χ3n) is 4.72. The molecule has 0 saturated heterocycles. The van der Waals surface area contributed by atoms with Crippen molar-refractivity contribution in [1.82, 2.24) is 29.6 Å². The SMILES string of the molecule is C[C@H]1c2ncc(CCOc3ccncc3)n2CCN1Cc1cn[nH]c1. The van der Waals surface area contributed by atoms with Gasteiger partial charge in [-0.2, -0.15) is 5.10 Å². The maximum absolute atomic E-state index is 5.79. The third kappa shape index (κ3) is 3.41. The molecule has 1 N–H and O–H groups in total. The zero-order valence-electron chi connectivity index (χ0n) is 14.3. The molecular weight excluding hydrogens is 316 g/mol. The fourth-order valence-electron chi connectivity index (χ4n) is 3.33. The standard InChI is InChI=1S/C18H22N6O/c1-14-18-20-12-16(4-9-25-17-2-5-19-6-3-17)24(18)8-7-23(14)13-15-10-21-22-11-15/h2-3,5-6,10-12,14H,4,7-9,13H2,1H3,(H,21,22)/t14-/m0/s1. The second-order valence-corrected chi connectivity index (χ2v) is 6.29. The number of pyridine rings is 1. The van der Waals surface area contributed by atoms with Crippen LogP contribution in [0.1, 0.15) is 30.0 Å². The van der Waals surface area contributed by atoms with Crippen molar-refractivity contribution < 1.29 is 4.74 Å². The van der Waals surface area contributed by atoms with Gasteiger partial charge in [0, 0.05) is 62.1 Å². The highest BCUT2D eigenvalue weighted by atomic mass is 16.5. The van der Waals surface area contributed by atoms with E-state index in [9.17, 15) is 0 Å². The fourth-order valence-corrected chi connectivity index (χ4v) is 3.33. The van der Waals surface area contributed by atoms with Crippen molar-refractivity contribution in [3.05, 3.63) is 60.2 Å². The lowest BCUT2D eigenvalue weighted by molar-refractivity contribution is 0.154. The van der Waals surface area contributed by atoms with Gasteiger partial charge < -0.3 is 9.30 Å². The van der Waals surface area contributed by atoms with Crippen molar-refractivity contribution in [2.24, 2.45) is 0 Å².